The lowest BCUT2D eigenvalue weighted by Crippen LogP contribution is -2.33. The largest absolute Gasteiger partial charge is 0.329 e. The minimum Gasteiger partial charge on any atom is -0.329 e. The van der Waals surface area contributed by atoms with Crippen LogP contribution in [0.4, 0.5) is 0 Å². The van der Waals surface area contributed by atoms with Gasteiger partial charge in [-0.25, -0.2) is 4.68 Å². The van der Waals surface area contributed by atoms with Gasteiger partial charge in [-0.1, -0.05) is 17.7 Å². The molecule has 1 aromatic carbocycles. The molecule has 0 saturated carbocycles. The van der Waals surface area contributed by atoms with Crippen molar-refractivity contribution in [1.82, 2.24) is 19.7 Å². The van der Waals surface area contributed by atoms with Crippen molar-refractivity contribution in [2.75, 3.05) is 13.1 Å². The molecule has 1 aliphatic rings. The maximum absolute atomic E-state index is 11.6. The maximum atomic E-state index is 11.6. The second-order valence-electron chi connectivity index (χ2n) is 7.58. The average molecular weight is 362 g/mol. The normalized spacial score (nSPS) is 15.9. The van der Waals surface area contributed by atoms with Crippen molar-refractivity contribution < 1.29 is 0 Å². The Morgan fingerprint density at radius 3 is 2.70 bits per heavy atom. The fraction of sp³-hybridized carbons (Fsp3) is 0.364. The van der Waals surface area contributed by atoms with Gasteiger partial charge >= 0.3 is 0 Å². The Morgan fingerprint density at radius 2 is 2.00 bits per heavy atom. The van der Waals surface area contributed by atoms with Gasteiger partial charge in [0.25, 0.3) is 0 Å². The molecule has 1 saturated heterocycles. The van der Waals surface area contributed by atoms with Crippen molar-refractivity contribution in [2.24, 2.45) is 0 Å². The van der Waals surface area contributed by atoms with E-state index in [-0.39, 0.29) is 5.56 Å². The standard InChI is InChI=1S/C22H26N4O/c1-16-12-17(2)22(26-9-3-7-24-26)20(13-16)15-25-10-5-18(6-11-25)19-4-8-23-21(27)14-19/h3-4,7-9,12-14,18H,5-6,10-11,15H2,1-2H3,(H,23,27). The molecular formula is C22H26N4O. The molecule has 1 fully saturated rings. The van der Waals surface area contributed by atoms with E-state index in [2.05, 4.69) is 41.0 Å². The van der Waals surface area contributed by atoms with E-state index >= 15 is 0 Å². The molecule has 3 aromatic rings. The second-order valence-corrected chi connectivity index (χ2v) is 7.58. The van der Waals surface area contributed by atoms with Gasteiger partial charge in [0, 0.05) is 31.2 Å². The van der Waals surface area contributed by atoms with Gasteiger partial charge in [0.15, 0.2) is 0 Å². The van der Waals surface area contributed by atoms with Crippen LogP contribution in [-0.4, -0.2) is 32.8 Å². The van der Waals surface area contributed by atoms with Crippen LogP contribution in [0.2, 0.25) is 0 Å². The first-order valence-electron chi connectivity index (χ1n) is 9.61. The van der Waals surface area contributed by atoms with Crippen LogP contribution in [-0.2, 0) is 6.54 Å². The molecule has 0 spiro atoms. The number of hydrogen-bond acceptors (Lipinski definition) is 3. The van der Waals surface area contributed by atoms with Crippen LogP contribution >= 0.6 is 0 Å². The molecule has 1 aliphatic heterocycles. The zero-order chi connectivity index (χ0) is 18.8. The number of piperidine rings is 1. The van der Waals surface area contributed by atoms with Gasteiger partial charge in [0.2, 0.25) is 5.56 Å². The summed E-state index contributed by atoms with van der Waals surface area (Å²) in [6.45, 7) is 7.33. The molecule has 4 rings (SSSR count). The third kappa shape index (κ3) is 3.88. The fourth-order valence-electron chi connectivity index (χ4n) is 4.28. The predicted octanol–water partition coefficient (Wildman–Crippen LogP) is 3.56. The van der Waals surface area contributed by atoms with Gasteiger partial charge in [0.1, 0.15) is 0 Å². The Bertz CT molecular complexity index is 966. The lowest BCUT2D eigenvalue weighted by molar-refractivity contribution is 0.204. The molecule has 27 heavy (non-hydrogen) atoms. The number of aromatic amines is 1. The van der Waals surface area contributed by atoms with E-state index in [4.69, 9.17) is 0 Å². The first kappa shape index (κ1) is 17.7. The molecule has 0 amide bonds. The van der Waals surface area contributed by atoms with E-state index < -0.39 is 0 Å². The van der Waals surface area contributed by atoms with Gasteiger partial charge in [-0.3, -0.25) is 9.69 Å². The number of nitrogens with zero attached hydrogens (tertiary/aromatic N) is 3. The van der Waals surface area contributed by atoms with Crippen LogP contribution in [0.15, 0.2) is 53.7 Å². The highest BCUT2D eigenvalue weighted by atomic mass is 16.1. The number of aryl methyl sites for hydroxylation is 2. The van der Waals surface area contributed by atoms with E-state index in [0.717, 1.165) is 32.5 Å². The van der Waals surface area contributed by atoms with Crippen molar-refractivity contribution >= 4 is 0 Å². The first-order chi connectivity index (χ1) is 13.1. The molecule has 5 heteroatoms. The van der Waals surface area contributed by atoms with Crippen molar-refractivity contribution in [3.8, 4) is 5.69 Å². The third-order valence-corrected chi connectivity index (χ3v) is 5.51. The van der Waals surface area contributed by atoms with Crippen molar-refractivity contribution in [1.29, 1.82) is 0 Å². The predicted molar refractivity (Wildman–Crippen MR) is 107 cm³/mol. The van der Waals surface area contributed by atoms with Crippen LogP contribution in [0.25, 0.3) is 5.69 Å². The molecule has 0 radical (unpaired) electrons. The molecule has 140 valence electrons. The summed E-state index contributed by atoms with van der Waals surface area (Å²) in [5.74, 6) is 0.480. The van der Waals surface area contributed by atoms with Crippen LogP contribution in [0.1, 0.15) is 41.0 Å². The van der Waals surface area contributed by atoms with Crippen molar-refractivity contribution in [3.05, 3.63) is 81.5 Å². The Morgan fingerprint density at radius 1 is 1.19 bits per heavy atom. The smallest absolute Gasteiger partial charge is 0.248 e. The number of rotatable bonds is 4. The van der Waals surface area contributed by atoms with Gasteiger partial charge in [-0.05, 0) is 74.5 Å². The Labute approximate surface area is 159 Å². The van der Waals surface area contributed by atoms with E-state index in [0.29, 0.717) is 5.92 Å². The molecule has 0 aliphatic carbocycles. The molecular weight excluding hydrogens is 336 g/mol. The molecule has 0 bridgehead atoms. The average Bonchev–Trinajstić information content (AvgIpc) is 3.16. The van der Waals surface area contributed by atoms with E-state index in [1.807, 2.05) is 29.2 Å². The van der Waals surface area contributed by atoms with E-state index in [1.54, 1.807) is 12.3 Å². The number of aromatic nitrogens is 3. The third-order valence-electron chi connectivity index (χ3n) is 5.51. The molecule has 2 aromatic heterocycles. The van der Waals surface area contributed by atoms with Gasteiger partial charge in [-0.2, -0.15) is 5.10 Å². The summed E-state index contributed by atoms with van der Waals surface area (Å²) in [5.41, 5.74) is 6.23. The van der Waals surface area contributed by atoms with Crippen LogP contribution in [0.3, 0.4) is 0 Å². The number of hydrogen-bond donors (Lipinski definition) is 1. The summed E-state index contributed by atoms with van der Waals surface area (Å²) < 4.78 is 1.98. The molecule has 0 unspecified atom stereocenters. The second kappa shape index (κ2) is 7.53. The number of H-pyrrole nitrogens is 1. The zero-order valence-corrected chi connectivity index (χ0v) is 16.0. The van der Waals surface area contributed by atoms with Crippen molar-refractivity contribution in [3.63, 3.8) is 0 Å². The molecule has 5 nitrogen and oxygen atoms in total. The zero-order valence-electron chi connectivity index (χ0n) is 16.0. The van der Waals surface area contributed by atoms with Crippen LogP contribution in [0.5, 0.6) is 0 Å². The summed E-state index contributed by atoms with van der Waals surface area (Å²) in [7, 11) is 0. The highest BCUT2D eigenvalue weighted by Crippen LogP contribution is 2.29. The van der Waals surface area contributed by atoms with E-state index in [1.165, 1.54) is 27.9 Å². The van der Waals surface area contributed by atoms with Gasteiger partial charge < -0.3 is 4.98 Å². The SMILES string of the molecule is Cc1cc(C)c(-n2cccn2)c(CN2CCC(c3cc[nH]c(=O)c3)CC2)c1. The fourth-order valence-corrected chi connectivity index (χ4v) is 4.28. The number of nitrogens with one attached hydrogen (secondary N) is 1. The monoisotopic (exact) mass is 362 g/mol. The molecule has 1 N–H and O–H groups in total. The highest BCUT2D eigenvalue weighted by Gasteiger charge is 2.22. The minimum atomic E-state index is -0.00553. The first-order valence-corrected chi connectivity index (χ1v) is 9.61. The lowest BCUT2D eigenvalue weighted by Gasteiger charge is -2.32. The summed E-state index contributed by atoms with van der Waals surface area (Å²) in [5, 5.41) is 4.46. The lowest BCUT2D eigenvalue weighted by atomic mass is 9.90. The Kier molecular flexibility index (Phi) is 4.94. The summed E-state index contributed by atoms with van der Waals surface area (Å²) in [4.78, 5) is 16.8. The molecule has 3 heterocycles. The van der Waals surface area contributed by atoms with Gasteiger partial charge in [0.05, 0.1) is 5.69 Å². The number of likely N-dealkylation sites (tertiary alicyclic amines) is 1. The van der Waals surface area contributed by atoms with Crippen molar-refractivity contribution in [2.45, 2.75) is 39.2 Å². The molecule has 0 atom stereocenters. The summed E-state index contributed by atoms with van der Waals surface area (Å²) in [6.07, 6.45) is 7.78. The summed E-state index contributed by atoms with van der Waals surface area (Å²) in [6, 6.07) is 10.3. The van der Waals surface area contributed by atoms with Crippen LogP contribution in [0, 0.1) is 13.8 Å². The van der Waals surface area contributed by atoms with E-state index in [9.17, 15) is 4.79 Å². The highest BCUT2D eigenvalue weighted by molar-refractivity contribution is 5.49. The minimum absolute atomic E-state index is 0.00553. The number of benzene rings is 1. The quantitative estimate of drug-likeness (QED) is 0.772. The summed E-state index contributed by atoms with van der Waals surface area (Å²) >= 11 is 0. The maximum Gasteiger partial charge on any atom is 0.248 e. The van der Waals surface area contributed by atoms with Gasteiger partial charge in [-0.15, -0.1) is 0 Å². The Balaban J connectivity index is 1.50. The van der Waals surface area contributed by atoms with Crippen LogP contribution < -0.4 is 5.56 Å². The topological polar surface area (TPSA) is 53.9 Å². The number of pyridine rings is 1. The Hall–Kier alpha value is -2.66.